The fraction of sp³-hybridized carbons (Fsp3) is 0.600. The molecule has 3 heteroatoms. The minimum Gasteiger partial charge on any atom is -0.365 e. The fourth-order valence-electron chi connectivity index (χ4n) is 2.99. The van der Waals surface area contributed by atoms with Crippen molar-refractivity contribution in [3.8, 4) is 0 Å². The lowest BCUT2D eigenvalue weighted by Gasteiger charge is -2.49. The van der Waals surface area contributed by atoms with E-state index < -0.39 is 0 Å². The molecule has 0 bridgehead atoms. The van der Waals surface area contributed by atoms with Gasteiger partial charge in [-0.2, -0.15) is 0 Å². The van der Waals surface area contributed by atoms with Gasteiger partial charge in [-0.15, -0.1) is 0 Å². The van der Waals surface area contributed by atoms with Crippen molar-refractivity contribution in [1.29, 1.82) is 0 Å². The second kappa shape index (κ2) is 5.22. The van der Waals surface area contributed by atoms with Crippen molar-refractivity contribution in [2.24, 2.45) is 0 Å². The Hall–Kier alpha value is -0.540. The molecule has 1 fully saturated rings. The molecule has 1 N–H and O–H groups in total. The number of anilines is 1. The van der Waals surface area contributed by atoms with Crippen LogP contribution in [-0.4, -0.2) is 25.2 Å². The van der Waals surface area contributed by atoms with E-state index in [1.54, 1.807) is 0 Å². The number of rotatable bonds is 2. The third kappa shape index (κ3) is 2.43. The molecule has 0 saturated carbocycles. The second-order valence-corrected chi connectivity index (χ2v) is 6.58. The molecule has 2 nitrogen and oxygen atoms in total. The van der Waals surface area contributed by atoms with Crippen molar-refractivity contribution in [3.63, 3.8) is 0 Å². The minimum absolute atomic E-state index is 0.154. The first-order chi connectivity index (χ1) is 8.46. The number of hydrogen-bond donors (Lipinski definition) is 1. The molecule has 1 heterocycles. The zero-order valence-electron chi connectivity index (χ0n) is 11.8. The molecule has 1 aliphatic rings. The maximum absolute atomic E-state index is 3.64. The van der Waals surface area contributed by atoms with Crippen molar-refractivity contribution in [2.45, 2.75) is 45.2 Å². The van der Waals surface area contributed by atoms with Gasteiger partial charge in [-0.05, 0) is 58.4 Å². The van der Waals surface area contributed by atoms with Gasteiger partial charge in [0.1, 0.15) is 0 Å². The first kappa shape index (κ1) is 13.9. The van der Waals surface area contributed by atoms with Gasteiger partial charge in [0.25, 0.3) is 0 Å². The van der Waals surface area contributed by atoms with Crippen molar-refractivity contribution < 1.29 is 0 Å². The molecule has 100 valence electrons. The second-order valence-electron chi connectivity index (χ2n) is 5.72. The summed E-state index contributed by atoms with van der Waals surface area (Å²) in [6.45, 7) is 7.94. The summed E-state index contributed by atoms with van der Waals surface area (Å²) in [7, 11) is 2.07. The Labute approximate surface area is 119 Å². The van der Waals surface area contributed by atoms with Gasteiger partial charge in [-0.25, -0.2) is 0 Å². The van der Waals surface area contributed by atoms with Gasteiger partial charge in [0, 0.05) is 28.3 Å². The van der Waals surface area contributed by atoms with E-state index in [-0.39, 0.29) is 5.54 Å². The van der Waals surface area contributed by atoms with Crippen LogP contribution in [0.2, 0.25) is 0 Å². The highest BCUT2D eigenvalue weighted by atomic mass is 79.9. The van der Waals surface area contributed by atoms with Crippen LogP contribution in [0.1, 0.15) is 32.3 Å². The van der Waals surface area contributed by atoms with Gasteiger partial charge < -0.3 is 10.2 Å². The molecular formula is C15H23BrN2. The van der Waals surface area contributed by atoms with E-state index in [4.69, 9.17) is 0 Å². The Balaban J connectivity index is 2.33. The number of hydrogen-bond acceptors (Lipinski definition) is 2. The van der Waals surface area contributed by atoms with Crippen LogP contribution >= 0.6 is 15.9 Å². The minimum atomic E-state index is 0.154. The van der Waals surface area contributed by atoms with E-state index >= 15 is 0 Å². The third-order valence-corrected chi connectivity index (χ3v) is 5.09. The summed E-state index contributed by atoms with van der Waals surface area (Å²) >= 11 is 3.64. The maximum atomic E-state index is 3.64. The zero-order chi connectivity index (χ0) is 13.3. The molecule has 0 aromatic heterocycles. The molecule has 0 amide bonds. The molecule has 1 atom stereocenters. The molecule has 2 rings (SSSR count). The molecule has 1 aliphatic heterocycles. The predicted molar refractivity (Wildman–Crippen MR) is 82.4 cm³/mol. The monoisotopic (exact) mass is 310 g/mol. The van der Waals surface area contributed by atoms with E-state index in [9.17, 15) is 0 Å². The van der Waals surface area contributed by atoms with Crippen molar-refractivity contribution >= 4 is 21.6 Å². The van der Waals surface area contributed by atoms with Crippen molar-refractivity contribution in [1.82, 2.24) is 5.32 Å². The average molecular weight is 311 g/mol. The topological polar surface area (TPSA) is 15.3 Å². The number of piperidine rings is 1. The largest absolute Gasteiger partial charge is 0.365 e. The smallest absolute Gasteiger partial charge is 0.0498 e. The summed E-state index contributed by atoms with van der Waals surface area (Å²) < 4.78 is 1.20. The lowest BCUT2D eigenvalue weighted by Crippen LogP contribution is -2.60. The zero-order valence-corrected chi connectivity index (χ0v) is 13.3. The van der Waals surface area contributed by atoms with Gasteiger partial charge in [-0.3, -0.25) is 0 Å². The predicted octanol–water partition coefficient (Wildman–Crippen LogP) is 3.72. The highest BCUT2D eigenvalue weighted by molar-refractivity contribution is 9.10. The highest BCUT2D eigenvalue weighted by Gasteiger charge is 2.37. The van der Waals surface area contributed by atoms with E-state index in [2.05, 4.69) is 72.2 Å². The van der Waals surface area contributed by atoms with Crippen molar-refractivity contribution in [2.75, 3.05) is 18.5 Å². The van der Waals surface area contributed by atoms with Crippen molar-refractivity contribution in [3.05, 3.63) is 28.2 Å². The first-order valence-electron chi connectivity index (χ1n) is 6.68. The van der Waals surface area contributed by atoms with Crippen LogP contribution in [-0.2, 0) is 0 Å². The molecule has 0 spiro atoms. The number of nitrogens with zero attached hydrogens (tertiary/aromatic N) is 1. The molecule has 0 aliphatic carbocycles. The van der Waals surface area contributed by atoms with Gasteiger partial charge in [0.2, 0.25) is 0 Å². The van der Waals surface area contributed by atoms with Crippen LogP contribution in [0.15, 0.2) is 22.7 Å². The Morgan fingerprint density at radius 2 is 2.11 bits per heavy atom. The van der Waals surface area contributed by atoms with E-state index in [0.29, 0.717) is 6.04 Å². The van der Waals surface area contributed by atoms with Gasteiger partial charge in [0.05, 0.1) is 0 Å². The van der Waals surface area contributed by atoms with Crippen LogP contribution in [0.4, 0.5) is 5.69 Å². The van der Waals surface area contributed by atoms with Gasteiger partial charge >= 0.3 is 0 Å². The van der Waals surface area contributed by atoms with Crippen LogP contribution < -0.4 is 10.2 Å². The summed E-state index contributed by atoms with van der Waals surface area (Å²) in [5.41, 5.74) is 2.76. The van der Waals surface area contributed by atoms with Gasteiger partial charge in [-0.1, -0.05) is 22.0 Å². The summed E-state index contributed by atoms with van der Waals surface area (Å²) in [6, 6.07) is 7.22. The standard InChI is InChI=1S/C15H23BrN2/c1-11-7-8-12(10-13(11)16)18-9-5-6-14(17-4)15(18,2)3/h7-8,10,14,17H,5-6,9H2,1-4H3. The molecule has 1 unspecified atom stereocenters. The number of benzene rings is 1. The Bertz CT molecular complexity index is 429. The van der Waals surface area contributed by atoms with Crippen LogP contribution in [0, 0.1) is 6.92 Å². The quantitative estimate of drug-likeness (QED) is 0.895. The van der Waals surface area contributed by atoms with E-state index in [1.807, 2.05) is 0 Å². The first-order valence-corrected chi connectivity index (χ1v) is 7.47. The molecular weight excluding hydrogens is 288 g/mol. The van der Waals surface area contributed by atoms with Crippen LogP contribution in [0.3, 0.4) is 0 Å². The number of aryl methyl sites for hydroxylation is 1. The summed E-state index contributed by atoms with van der Waals surface area (Å²) in [6.07, 6.45) is 2.51. The van der Waals surface area contributed by atoms with Crippen LogP contribution in [0.5, 0.6) is 0 Å². The molecule has 1 saturated heterocycles. The third-order valence-electron chi connectivity index (χ3n) is 4.24. The van der Waals surface area contributed by atoms with Crippen LogP contribution in [0.25, 0.3) is 0 Å². The Morgan fingerprint density at radius 1 is 1.39 bits per heavy atom. The lowest BCUT2D eigenvalue weighted by molar-refractivity contribution is 0.275. The Morgan fingerprint density at radius 3 is 2.72 bits per heavy atom. The highest BCUT2D eigenvalue weighted by Crippen LogP contribution is 2.34. The van der Waals surface area contributed by atoms with Gasteiger partial charge in [0.15, 0.2) is 0 Å². The number of nitrogens with one attached hydrogen (secondary N) is 1. The molecule has 1 aromatic carbocycles. The lowest BCUT2D eigenvalue weighted by atomic mass is 9.84. The van der Waals surface area contributed by atoms with E-state index in [0.717, 1.165) is 6.54 Å². The average Bonchev–Trinajstić information content (AvgIpc) is 2.32. The SMILES string of the molecule is CNC1CCCN(c2ccc(C)c(Br)c2)C1(C)C. The molecule has 1 aromatic rings. The number of likely N-dealkylation sites (N-methyl/N-ethyl adjacent to an activating group) is 1. The fourth-order valence-corrected chi connectivity index (χ4v) is 3.36. The summed E-state index contributed by atoms with van der Waals surface area (Å²) in [5, 5.41) is 3.47. The maximum Gasteiger partial charge on any atom is 0.0498 e. The van der Waals surface area contributed by atoms with E-state index in [1.165, 1.54) is 28.6 Å². The molecule has 18 heavy (non-hydrogen) atoms. The Kier molecular flexibility index (Phi) is 4.02. The summed E-state index contributed by atoms with van der Waals surface area (Å²) in [4.78, 5) is 2.53. The molecule has 0 radical (unpaired) electrons. The summed E-state index contributed by atoms with van der Waals surface area (Å²) in [5.74, 6) is 0. The number of halogens is 1. The normalized spacial score (nSPS) is 23.2.